The van der Waals surface area contributed by atoms with Gasteiger partial charge >= 0.3 is 0 Å². The predicted octanol–water partition coefficient (Wildman–Crippen LogP) is 3.80. The van der Waals surface area contributed by atoms with Crippen molar-refractivity contribution in [2.45, 2.75) is 19.1 Å². The monoisotopic (exact) mass is 337 g/mol. The van der Waals surface area contributed by atoms with Gasteiger partial charge in [0.15, 0.2) is 0 Å². The van der Waals surface area contributed by atoms with Gasteiger partial charge in [-0.3, -0.25) is 0 Å². The molecule has 0 heterocycles. The van der Waals surface area contributed by atoms with Gasteiger partial charge in [-0.2, -0.15) is 0 Å². The van der Waals surface area contributed by atoms with Crippen molar-refractivity contribution in [2.75, 3.05) is 6.54 Å². The minimum Gasteiger partial charge on any atom is -0.388 e. The van der Waals surface area contributed by atoms with Crippen molar-refractivity contribution in [3.8, 4) is 0 Å². The van der Waals surface area contributed by atoms with Crippen LogP contribution in [-0.2, 0) is 6.54 Å². The largest absolute Gasteiger partial charge is 0.388 e. The standard InChI is InChI=1S/C16H17BrFNO/c17-13-6-7-14(15(18)10-13)16(20)8-9-19-11-12-4-2-1-3-5-12/h1-7,10,16,19-20H,8-9,11H2. The molecule has 0 aliphatic carbocycles. The molecule has 20 heavy (non-hydrogen) atoms. The molecule has 0 aliphatic rings. The number of aliphatic hydroxyl groups is 1. The highest BCUT2D eigenvalue weighted by Crippen LogP contribution is 2.22. The molecule has 1 atom stereocenters. The van der Waals surface area contributed by atoms with Crippen LogP contribution in [0, 0.1) is 5.82 Å². The van der Waals surface area contributed by atoms with Crippen molar-refractivity contribution in [3.63, 3.8) is 0 Å². The third-order valence-electron chi connectivity index (χ3n) is 3.09. The van der Waals surface area contributed by atoms with Gasteiger partial charge in [-0.05, 0) is 30.7 Å². The zero-order valence-electron chi connectivity index (χ0n) is 11.0. The van der Waals surface area contributed by atoms with Gasteiger partial charge in [-0.25, -0.2) is 4.39 Å². The van der Waals surface area contributed by atoms with Crippen LogP contribution in [0.1, 0.15) is 23.7 Å². The lowest BCUT2D eigenvalue weighted by molar-refractivity contribution is 0.162. The SMILES string of the molecule is OC(CCNCc1ccccc1)c1ccc(Br)cc1F. The fourth-order valence-electron chi connectivity index (χ4n) is 1.99. The summed E-state index contributed by atoms with van der Waals surface area (Å²) in [6.45, 7) is 1.38. The molecule has 0 radical (unpaired) electrons. The molecule has 0 saturated heterocycles. The Kier molecular flexibility index (Phi) is 5.71. The summed E-state index contributed by atoms with van der Waals surface area (Å²) in [6, 6.07) is 14.8. The van der Waals surface area contributed by atoms with E-state index in [0.717, 1.165) is 6.54 Å². The van der Waals surface area contributed by atoms with E-state index in [-0.39, 0.29) is 5.82 Å². The van der Waals surface area contributed by atoms with Crippen LogP contribution in [0.5, 0.6) is 0 Å². The van der Waals surface area contributed by atoms with Crippen LogP contribution in [0.2, 0.25) is 0 Å². The summed E-state index contributed by atoms with van der Waals surface area (Å²) < 4.78 is 14.3. The van der Waals surface area contributed by atoms with Crippen molar-refractivity contribution in [3.05, 3.63) is 69.9 Å². The Morgan fingerprint density at radius 3 is 2.60 bits per heavy atom. The first-order valence-corrected chi connectivity index (χ1v) is 7.34. The van der Waals surface area contributed by atoms with Crippen molar-refractivity contribution < 1.29 is 9.50 Å². The van der Waals surface area contributed by atoms with Crippen LogP contribution in [0.3, 0.4) is 0 Å². The highest BCUT2D eigenvalue weighted by Gasteiger charge is 2.12. The Balaban J connectivity index is 1.79. The van der Waals surface area contributed by atoms with Crippen LogP contribution in [0.4, 0.5) is 4.39 Å². The van der Waals surface area contributed by atoms with Crippen LogP contribution in [0.15, 0.2) is 53.0 Å². The Labute approximate surface area is 126 Å². The third kappa shape index (κ3) is 4.40. The Hall–Kier alpha value is -1.23. The van der Waals surface area contributed by atoms with E-state index in [9.17, 15) is 9.50 Å². The van der Waals surface area contributed by atoms with E-state index < -0.39 is 6.10 Å². The van der Waals surface area contributed by atoms with Gasteiger partial charge in [0, 0.05) is 16.6 Å². The first-order chi connectivity index (χ1) is 9.66. The molecule has 0 aliphatic heterocycles. The lowest BCUT2D eigenvalue weighted by Crippen LogP contribution is -2.17. The molecule has 106 valence electrons. The summed E-state index contributed by atoms with van der Waals surface area (Å²) in [7, 11) is 0. The quantitative estimate of drug-likeness (QED) is 0.786. The third-order valence-corrected chi connectivity index (χ3v) is 3.58. The van der Waals surface area contributed by atoms with Crippen molar-refractivity contribution in [2.24, 2.45) is 0 Å². The summed E-state index contributed by atoms with van der Waals surface area (Å²) >= 11 is 3.20. The Bertz CT molecular complexity index is 547. The fourth-order valence-corrected chi connectivity index (χ4v) is 2.33. The molecule has 2 aromatic carbocycles. The molecule has 0 spiro atoms. The Morgan fingerprint density at radius 1 is 1.15 bits per heavy atom. The maximum atomic E-state index is 13.7. The molecule has 1 unspecified atom stereocenters. The molecule has 0 bridgehead atoms. The smallest absolute Gasteiger partial charge is 0.130 e. The zero-order valence-corrected chi connectivity index (χ0v) is 12.6. The lowest BCUT2D eigenvalue weighted by Gasteiger charge is -2.13. The molecule has 4 heteroatoms. The number of aliphatic hydroxyl groups excluding tert-OH is 1. The number of rotatable bonds is 6. The summed E-state index contributed by atoms with van der Waals surface area (Å²) in [4.78, 5) is 0. The van der Waals surface area contributed by atoms with E-state index in [2.05, 4.69) is 21.2 Å². The Morgan fingerprint density at radius 2 is 1.90 bits per heavy atom. The molecule has 0 fully saturated rings. The maximum absolute atomic E-state index is 13.7. The van der Waals surface area contributed by atoms with Crippen molar-refractivity contribution >= 4 is 15.9 Å². The van der Waals surface area contributed by atoms with Crippen LogP contribution < -0.4 is 5.32 Å². The second kappa shape index (κ2) is 7.53. The molecule has 0 saturated carbocycles. The average molecular weight is 338 g/mol. The molecule has 2 aromatic rings. The number of halogens is 2. The van der Waals surface area contributed by atoms with E-state index in [4.69, 9.17) is 0 Å². The second-order valence-electron chi connectivity index (χ2n) is 4.63. The molecule has 0 amide bonds. The highest BCUT2D eigenvalue weighted by molar-refractivity contribution is 9.10. The minimum atomic E-state index is -0.786. The van der Waals surface area contributed by atoms with Crippen LogP contribution in [-0.4, -0.2) is 11.7 Å². The van der Waals surface area contributed by atoms with Crippen molar-refractivity contribution in [1.29, 1.82) is 0 Å². The van der Waals surface area contributed by atoms with E-state index >= 15 is 0 Å². The van der Waals surface area contributed by atoms with Gasteiger partial charge in [0.2, 0.25) is 0 Å². The van der Waals surface area contributed by atoms with Crippen molar-refractivity contribution in [1.82, 2.24) is 5.32 Å². The summed E-state index contributed by atoms with van der Waals surface area (Å²) in [5.41, 5.74) is 1.53. The topological polar surface area (TPSA) is 32.3 Å². The fraction of sp³-hybridized carbons (Fsp3) is 0.250. The average Bonchev–Trinajstić information content (AvgIpc) is 2.44. The first kappa shape index (κ1) is 15.2. The van der Waals surface area contributed by atoms with E-state index in [0.29, 0.717) is 23.0 Å². The molecular weight excluding hydrogens is 321 g/mol. The number of benzene rings is 2. The summed E-state index contributed by atoms with van der Waals surface area (Å²) in [5, 5.41) is 13.2. The van der Waals surface area contributed by atoms with Crippen LogP contribution in [0.25, 0.3) is 0 Å². The van der Waals surface area contributed by atoms with Gasteiger partial charge in [0.05, 0.1) is 6.10 Å². The summed E-state index contributed by atoms with van der Waals surface area (Å²) in [5.74, 6) is -0.380. The molecular formula is C16H17BrFNO. The normalized spacial score (nSPS) is 12.3. The van der Waals surface area contributed by atoms with Gasteiger partial charge in [0.25, 0.3) is 0 Å². The lowest BCUT2D eigenvalue weighted by atomic mass is 10.1. The van der Waals surface area contributed by atoms with E-state index in [1.165, 1.54) is 11.6 Å². The molecule has 0 aromatic heterocycles. The first-order valence-electron chi connectivity index (χ1n) is 6.54. The predicted molar refractivity (Wildman–Crippen MR) is 81.8 cm³/mol. The summed E-state index contributed by atoms with van der Waals surface area (Å²) in [6.07, 6.45) is -0.308. The van der Waals surface area contributed by atoms with Gasteiger partial charge in [-0.15, -0.1) is 0 Å². The number of nitrogens with one attached hydrogen (secondary N) is 1. The minimum absolute atomic E-state index is 0.342. The number of hydrogen-bond donors (Lipinski definition) is 2. The van der Waals surface area contributed by atoms with Gasteiger partial charge in [-0.1, -0.05) is 52.3 Å². The molecule has 2 rings (SSSR count). The van der Waals surface area contributed by atoms with Gasteiger partial charge in [0.1, 0.15) is 5.82 Å². The van der Waals surface area contributed by atoms with E-state index in [1.54, 1.807) is 12.1 Å². The number of hydrogen-bond acceptors (Lipinski definition) is 2. The highest BCUT2D eigenvalue weighted by atomic mass is 79.9. The van der Waals surface area contributed by atoms with Crippen LogP contribution >= 0.6 is 15.9 Å². The van der Waals surface area contributed by atoms with Gasteiger partial charge < -0.3 is 10.4 Å². The van der Waals surface area contributed by atoms with E-state index in [1.807, 2.05) is 30.3 Å². The molecule has 2 nitrogen and oxygen atoms in total. The second-order valence-corrected chi connectivity index (χ2v) is 5.55. The molecule has 2 N–H and O–H groups in total. The zero-order chi connectivity index (χ0) is 14.4. The maximum Gasteiger partial charge on any atom is 0.130 e.